The first-order valence-electron chi connectivity index (χ1n) is 8.08. The quantitative estimate of drug-likeness (QED) is 0.716. The van der Waals surface area contributed by atoms with Crippen LogP contribution >= 0.6 is 0 Å². The molecule has 1 aromatic carbocycles. The summed E-state index contributed by atoms with van der Waals surface area (Å²) in [4.78, 5) is 25.1. The zero-order valence-corrected chi connectivity index (χ0v) is 14.6. The average Bonchev–Trinajstić information content (AvgIpc) is 2.48. The fraction of sp³-hybridized carbons (Fsp3) is 0.556. The second kappa shape index (κ2) is 10.0. The number of nitrogens with one attached hydrogen (secondary N) is 1. The Balaban J connectivity index is 2.42. The molecule has 0 spiro atoms. The van der Waals surface area contributed by atoms with E-state index >= 15 is 0 Å². The highest BCUT2D eigenvalue weighted by Crippen LogP contribution is 2.18. The average molecular weight is 320 g/mol. The van der Waals surface area contributed by atoms with Crippen molar-refractivity contribution in [2.45, 2.75) is 33.6 Å². The first-order valence-corrected chi connectivity index (χ1v) is 8.08. The number of ether oxygens (including phenoxy) is 1. The summed E-state index contributed by atoms with van der Waals surface area (Å²) in [5.41, 5.74) is 2.22. The number of nitrogens with zero attached hydrogens (tertiary/aromatic N) is 1. The predicted molar refractivity (Wildman–Crippen MR) is 91.9 cm³/mol. The molecule has 5 nitrogen and oxygen atoms in total. The smallest absolute Gasteiger partial charge is 0.234 e. The van der Waals surface area contributed by atoms with Crippen molar-refractivity contribution in [2.24, 2.45) is 0 Å². The standard InChI is InChI=1S/C18H28N2O3/c1-5-10-20(12-15(3)21)13-18(22)19-9-8-16-7-6-14(2)17(11-16)23-4/h6-7,11H,5,8-10,12-13H2,1-4H3,(H,19,22). The van der Waals surface area contributed by atoms with Gasteiger partial charge in [0.25, 0.3) is 0 Å². The van der Waals surface area contributed by atoms with Gasteiger partial charge in [-0.05, 0) is 50.4 Å². The summed E-state index contributed by atoms with van der Waals surface area (Å²) in [5.74, 6) is 0.904. The minimum absolute atomic E-state index is 0.0428. The number of carbonyl (C=O) groups is 2. The Morgan fingerprint density at radius 3 is 2.61 bits per heavy atom. The third-order valence-electron chi connectivity index (χ3n) is 3.56. The number of Topliss-reactive ketones (excluding diaryl/α,β-unsaturated/α-hetero) is 1. The van der Waals surface area contributed by atoms with Crippen LogP contribution < -0.4 is 10.1 Å². The predicted octanol–water partition coefficient (Wildman–Crippen LogP) is 1.96. The lowest BCUT2D eigenvalue weighted by Gasteiger charge is -2.19. The lowest BCUT2D eigenvalue weighted by molar-refractivity contribution is -0.123. The number of carbonyl (C=O) groups excluding carboxylic acids is 2. The van der Waals surface area contributed by atoms with Crippen molar-refractivity contribution in [1.29, 1.82) is 0 Å². The van der Waals surface area contributed by atoms with Gasteiger partial charge in [0.15, 0.2) is 0 Å². The van der Waals surface area contributed by atoms with E-state index in [0.717, 1.165) is 36.3 Å². The summed E-state index contributed by atoms with van der Waals surface area (Å²) in [6, 6.07) is 6.07. The Hall–Kier alpha value is -1.88. The fourth-order valence-corrected chi connectivity index (χ4v) is 2.47. The molecule has 23 heavy (non-hydrogen) atoms. The van der Waals surface area contributed by atoms with Crippen molar-refractivity contribution in [3.05, 3.63) is 29.3 Å². The lowest BCUT2D eigenvalue weighted by Crippen LogP contribution is -2.40. The zero-order valence-electron chi connectivity index (χ0n) is 14.6. The molecule has 0 aromatic heterocycles. The first kappa shape index (κ1) is 19.2. The van der Waals surface area contributed by atoms with E-state index in [1.165, 1.54) is 0 Å². The van der Waals surface area contributed by atoms with Gasteiger partial charge in [-0.15, -0.1) is 0 Å². The molecule has 1 aromatic rings. The van der Waals surface area contributed by atoms with Gasteiger partial charge in [-0.3, -0.25) is 14.5 Å². The molecule has 1 N–H and O–H groups in total. The van der Waals surface area contributed by atoms with Crippen LogP contribution in [0.2, 0.25) is 0 Å². The molecule has 0 saturated heterocycles. The van der Waals surface area contributed by atoms with Crippen LogP contribution in [0.4, 0.5) is 0 Å². The summed E-state index contributed by atoms with van der Waals surface area (Å²) in [6.07, 6.45) is 1.67. The summed E-state index contributed by atoms with van der Waals surface area (Å²) >= 11 is 0. The number of amides is 1. The van der Waals surface area contributed by atoms with Gasteiger partial charge in [0, 0.05) is 6.54 Å². The Morgan fingerprint density at radius 2 is 2.00 bits per heavy atom. The van der Waals surface area contributed by atoms with Crippen LogP contribution in [0, 0.1) is 6.92 Å². The van der Waals surface area contributed by atoms with Gasteiger partial charge in [0.1, 0.15) is 11.5 Å². The van der Waals surface area contributed by atoms with E-state index in [1.807, 2.05) is 36.9 Å². The number of hydrogen-bond donors (Lipinski definition) is 1. The summed E-state index contributed by atoms with van der Waals surface area (Å²) < 4.78 is 5.30. The Morgan fingerprint density at radius 1 is 1.26 bits per heavy atom. The highest BCUT2D eigenvalue weighted by molar-refractivity contribution is 5.80. The first-order chi connectivity index (χ1) is 11.0. The molecule has 128 valence electrons. The molecular weight excluding hydrogens is 292 g/mol. The van der Waals surface area contributed by atoms with Crippen molar-refractivity contribution >= 4 is 11.7 Å². The molecule has 5 heteroatoms. The maximum absolute atomic E-state index is 12.0. The van der Waals surface area contributed by atoms with E-state index in [-0.39, 0.29) is 18.2 Å². The van der Waals surface area contributed by atoms with Crippen molar-refractivity contribution in [3.8, 4) is 5.75 Å². The second-order valence-corrected chi connectivity index (χ2v) is 5.82. The van der Waals surface area contributed by atoms with Crippen LogP contribution in [-0.2, 0) is 16.0 Å². The molecule has 0 bridgehead atoms. The van der Waals surface area contributed by atoms with Gasteiger partial charge >= 0.3 is 0 Å². The maximum atomic E-state index is 12.0. The fourth-order valence-electron chi connectivity index (χ4n) is 2.47. The third kappa shape index (κ3) is 7.28. The Labute approximate surface area is 139 Å². The van der Waals surface area contributed by atoms with Gasteiger partial charge in [-0.1, -0.05) is 19.1 Å². The van der Waals surface area contributed by atoms with Crippen LogP contribution in [0.15, 0.2) is 18.2 Å². The number of ketones is 1. The molecule has 0 aliphatic rings. The highest BCUT2D eigenvalue weighted by Gasteiger charge is 2.11. The van der Waals surface area contributed by atoms with Gasteiger partial charge in [-0.25, -0.2) is 0 Å². The minimum Gasteiger partial charge on any atom is -0.496 e. The normalized spacial score (nSPS) is 10.7. The number of hydrogen-bond acceptors (Lipinski definition) is 4. The van der Waals surface area contributed by atoms with Crippen molar-refractivity contribution in [1.82, 2.24) is 10.2 Å². The van der Waals surface area contributed by atoms with Crippen molar-refractivity contribution in [2.75, 3.05) is 33.3 Å². The van der Waals surface area contributed by atoms with E-state index in [2.05, 4.69) is 5.32 Å². The van der Waals surface area contributed by atoms with Crippen LogP contribution in [0.25, 0.3) is 0 Å². The van der Waals surface area contributed by atoms with Crippen LogP contribution in [-0.4, -0.2) is 49.9 Å². The Kier molecular flexibility index (Phi) is 8.33. The van der Waals surface area contributed by atoms with Gasteiger partial charge in [0.05, 0.1) is 20.2 Å². The van der Waals surface area contributed by atoms with Gasteiger partial charge in [0.2, 0.25) is 5.91 Å². The topological polar surface area (TPSA) is 58.6 Å². The monoisotopic (exact) mass is 320 g/mol. The van der Waals surface area contributed by atoms with E-state index < -0.39 is 0 Å². The van der Waals surface area contributed by atoms with Crippen molar-refractivity contribution in [3.63, 3.8) is 0 Å². The van der Waals surface area contributed by atoms with Gasteiger partial charge < -0.3 is 10.1 Å². The number of methoxy groups -OCH3 is 1. The van der Waals surface area contributed by atoms with Crippen molar-refractivity contribution < 1.29 is 14.3 Å². The number of aryl methyl sites for hydroxylation is 1. The summed E-state index contributed by atoms with van der Waals surface area (Å²) in [5, 5.41) is 2.91. The van der Waals surface area contributed by atoms with Crippen LogP contribution in [0.1, 0.15) is 31.4 Å². The van der Waals surface area contributed by atoms with E-state index in [4.69, 9.17) is 4.74 Å². The molecule has 0 radical (unpaired) electrons. The molecule has 0 aliphatic heterocycles. The largest absolute Gasteiger partial charge is 0.496 e. The van der Waals surface area contributed by atoms with Gasteiger partial charge in [-0.2, -0.15) is 0 Å². The SMILES string of the molecule is CCCN(CC(C)=O)CC(=O)NCCc1ccc(C)c(OC)c1. The summed E-state index contributed by atoms with van der Waals surface area (Å²) in [6.45, 7) is 7.51. The lowest BCUT2D eigenvalue weighted by atomic mass is 10.1. The van der Waals surface area contributed by atoms with Crippen LogP contribution in [0.5, 0.6) is 5.75 Å². The number of rotatable bonds is 10. The molecule has 0 unspecified atom stereocenters. The van der Waals surface area contributed by atoms with Crippen LogP contribution in [0.3, 0.4) is 0 Å². The van der Waals surface area contributed by atoms with E-state index in [0.29, 0.717) is 13.1 Å². The minimum atomic E-state index is -0.0428. The molecule has 1 amide bonds. The molecule has 0 saturated carbocycles. The molecular formula is C18H28N2O3. The Bertz CT molecular complexity index is 529. The zero-order chi connectivity index (χ0) is 17.2. The summed E-state index contributed by atoms with van der Waals surface area (Å²) in [7, 11) is 1.66. The molecule has 0 fully saturated rings. The molecule has 0 aliphatic carbocycles. The van der Waals surface area contributed by atoms with E-state index in [9.17, 15) is 9.59 Å². The number of benzene rings is 1. The van der Waals surface area contributed by atoms with E-state index in [1.54, 1.807) is 14.0 Å². The molecule has 1 rings (SSSR count). The second-order valence-electron chi connectivity index (χ2n) is 5.82. The third-order valence-corrected chi connectivity index (χ3v) is 3.56. The maximum Gasteiger partial charge on any atom is 0.234 e. The molecule has 0 heterocycles. The molecule has 0 atom stereocenters. The highest BCUT2D eigenvalue weighted by atomic mass is 16.5.